The number of anilines is 1. The highest BCUT2D eigenvalue weighted by Crippen LogP contribution is 2.29. The lowest BCUT2D eigenvalue weighted by Gasteiger charge is -2.15. The van der Waals surface area contributed by atoms with Crippen molar-refractivity contribution in [1.29, 1.82) is 0 Å². The third-order valence-corrected chi connectivity index (χ3v) is 4.32. The summed E-state index contributed by atoms with van der Waals surface area (Å²) in [7, 11) is 0. The first-order valence-corrected chi connectivity index (χ1v) is 8.21. The summed E-state index contributed by atoms with van der Waals surface area (Å²) in [5.74, 6) is 0.989. The largest absolute Gasteiger partial charge is 0.389 e. The van der Waals surface area contributed by atoms with Gasteiger partial charge >= 0.3 is 0 Å². The van der Waals surface area contributed by atoms with Crippen molar-refractivity contribution in [3.8, 4) is 0 Å². The Morgan fingerprint density at radius 3 is 2.86 bits per heavy atom. The third-order valence-electron chi connectivity index (χ3n) is 3.18. The van der Waals surface area contributed by atoms with Crippen LogP contribution in [-0.2, 0) is 6.54 Å². The van der Waals surface area contributed by atoms with Crippen LogP contribution in [0.5, 0.6) is 0 Å². The van der Waals surface area contributed by atoms with Gasteiger partial charge in [0.1, 0.15) is 4.99 Å². The minimum absolute atomic E-state index is 0.431. The van der Waals surface area contributed by atoms with Gasteiger partial charge in [0.25, 0.3) is 0 Å². The van der Waals surface area contributed by atoms with E-state index in [4.69, 9.17) is 18.0 Å². The first-order valence-electron chi connectivity index (χ1n) is 6.82. The molecule has 110 valence electrons. The van der Waals surface area contributed by atoms with Gasteiger partial charge in [0, 0.05) is 35.1 Å². The first kappa shape index (κ1) is 15.8. The number of hydrogen-bond donors (Lipinski definition) is 2. The van der Waals surface area contributed by atoms with Crippen molar-refractivity contribution in [1.82, 2.24) is 4.98 Å². The molecule has 0 saturated carbocycles. The molecule has 0 aliphatic rings. The first-order chi connectivity index (χ1) is 10.1. The SMILES string of the molecule is CCSc1cccc(NCc2ccncc2C)c1C(N)=S. The Kier molecular flexibility index (Phi) is 5.59. The molecular formula is C16H19N3S2. The van der Waals surface area contributed by atoms with E-state index in [0.717, 1.165) is 28.4 Å². The molecule has 0 amide bonds. The van der Waals surface area contributed by atoms with Gasteiger partial charge < -0.3 is 11.1 Å². The summed E-state index contributed by atoms with van der Waals surface area (Å²) in [5, 5.41) is 3.44. The monoisotopic (exact) mass is 317 g/mol. The van der Waals surface area contributed by atoms with Crippen LogP contribution >= 0.6 is 24.0 Å². The van der Waals surface area contributed by atoms with Crippen LogP contribution in [0.1, 0.15) is 23.6 Å². The zero-order valence-electron chi connectivity index (χ0n) is 12.2. The van der Waals surface area contributed by atoms with E-state index in [1.807, 2.05) is 30.6 Å². The Hall–Kier alpha value is -1.59. The van der Waals surface area contributed by atoms with Crippen LogP contribution in [-0.4, -0.2) is 15.7 Å². The number of benzene rings is 1. The van der Waals surface area contributed by atoms with Gasteiger partial charge in [-0.05, 0) is 42.0 Å². The minimum Gasteiger partial charge on any atom is -0.389 e. The van der Waals surface area contributed by atoms with Crippen molar-refractivity contribution in [2.75, 3.05) is 11.1 Å². The maximum Gasteiger partial charge on any atom is 0.107 e. The molecule has 21 heavy (non-hydrogen) atoms. The summed E-state index contributed by atoms with van der Waals surface area (Å²) >= 11 is 6.97. The number of aromatic nitrogens is 1. The molecule has 2 rings (SSSR count). The van der Waals surface area contributed by atoms with Gasteiger partial charge in [0.15, 0.2) is 0 Å². The van der Waals surface area contributed by atoms with Crippen molar-refractivity contribution in [3.05, 3.63) is 53.3 Å². The standard InChI is InChI=1S/C16H19N3S2/c1-3-21-14-6-4-5-13(15(14)16(17)20)19-10-12-7-8-18-9-11(12)2/h4-9,19H,3,10H2,1-2H3,(H2,17,20). The van der Waals surface area contributed by atoms with Crippen LogP contribution < -0.4 is 11.1 Å². The van der Waals surface area contributed by atoms with Gasteiger partial charge in [0.05, 0.1) is 0 Å². The Labute approximate surface area is 135 Å². The molecule has 1 aromatic heterocycles. The minimum atomic E-state index is 0.431. The molecular weight excluding hydrogens is 298 g/mol. The number of nitrogens with two attached hydrogens (primary N) is 1. The van der Waals surface area contributed by atoms with E-state index in [2.05, 4.69) is 30.2 Å². The van der Waals surface area contributed by atoms with Crippen LogP contribution in [0.3, 0.4) is 0 Å². The van der Waals surface area contributed by atoms with E-state index in [1.165, 1.54) is 11.1 Å². The lowest BCUT2D eigenvalue weighted by atomic mass is 10.1. The number of aryl methyl sites for hydroxylation is 1. The molecule has 0 bridgehead atoms. The van der Waals surface area contributed by atoms with Crippen LogP contribution in [0.2, 0.25) is 0 Å². The average Bonchev–Trinajstić information content (AvgIpc) is 2.46. The average molecular weight is 317 g/mol. The van der Waals surface area contributed by atoms with E-state index in [0.29, 0.717) is 4.99 Å². The van der Waals surface area contributed by atoms with Crippen molar-refractivity contribution < 1.29 is 0 Å². The maximum absolute atomic E-state index is 5.91. The second-order valence-electron chi connectivity index (χ2n) is 4.63. The molecule has 0 aliphatic carbocycles. The van der Waals surface area contributed by atoms with E-state index < -0.39 is 0 Å². The van der Waals surface area contributed by atoms with Gasteiger partial charge in [0.2, 0.25) is 0 Å². The Bertz CT molecular complexity index is 641. The second-order valence-corrected chi connectivity index (χ2v) is 6.38. The number of pyridine rings is 1. The number of nitrogens with one attached hydrogen (secondary N) is 1. The van der Waals surface area contributed by atoms with Gasteiger partial charge in [-0.15, -0.1) is 11.8 Å². The highest BCUT2D eigenvalue weighted by molar-refractivity contribution is 7.99. The lowest BCUT2D eigenvalue weighted by Crippen LogP contribution is -2.15. The number of nitrogens with zero attached hydrogens (tertiary/aromatic N) is 1. The molecule has 1 heterocycles. The predicted octanol–water partition coefficient (Wildman–Crippen LogP) is 3.75. The van der Waals surface area contributed by atoms with Crippen LogP contribution in [0.4, 0.5) is 5.69 Å². The predicted molar refractivity (Wildman–Crippen MR) is 95.0 cm³/mol. The highest BCUT2D eigenvalue weighted by Gasteiger charge is 2.11. The summed E-state index contributed by atoms with van der Waals surface area (Å²) in [6.07, 6.45) is 3.68. The molecule has 0 aliphatic heterocycles. The normalized spacial score (nSPS) is 10.4. The molecule has 2 aromatic rings. The van der Waals surface area contributed by atoms with E-state index in [1.54, 1.807) is 11.8 Å². The topological polar surface area (TPSA) is 50.9 Å². The van der Waals surface area contributed by atoms with Crippen LogP contribution in [0.25, 0.3) is 0 Å². The lowest BCUT2D eigenvalue weighted by molar-refractivity contribution is 1.09. The Morgan fingerprint density at radius 1 is 1.38 bits per heavy atom. The van der Waals surface area contributed by atoms with E-state index >= 15 is 0 Å². The molecule has 0 radical (unpaired) electrons. The van der Waals surface area contributed by atoms with Gasteiger partial charge in [-0.25, -0.2) is 0 Å². The van der Waals surface area contributed by atoms with E-state index in [9.17, 15) is 0 Å². The Morgan fingerprint density at radius 2 is 2.19 bits per heavy atom. The highest BCUT2D eigenvalue weighted by atomic mass is 32.2. The number of rotatable bonds is 6. The molecule has 0 fully saturated rings. The smallest absolute Gasteiger partial charge is 0.107 e. The number of hydrogen-bond acceptors (Lipinski definition) is 4. The summed E-state index contributed by atoms with van der Waals surface area (Å²) < 4.78 is 0. The molecule has 0 spiro atoms. The summed E-state index contributed by atoms with van der Waals surface area (Å²) in [5.41, 5.74) is 10.2. The summed E-state index contributed by atoms with van der Waals surface area (Å²) in [6, 6.07) is 8.13. The summed E-state index contributed by atoms with van der Waals surface area (Å²) in [6.45, 7) is 4.90. The molecule has 3 N–H and O–H groups in total. The van der Waals surface area contributed by atoms with Gasteiger partial charge in [-0.2, -0.15) is 0 Å². The van der Waals surface area contributed by atoms with Crippen molar-refractivity contribution in [2.45, 2.75) is 25.3 Å². The third kappa shape index (κ3) is 3.95. The number of thiocarbonyl (C=S) groups is 1. The summed E-state index contributed by atoms with van der Waals surface area (Å²) in [4.78, 5) is 5.67. The van der Waals surface area contributed by atoms with Crippen LogP contribution in [0.15, 0.2) is 41.6 Å². The zero-order valence-corrected chi connectivity index (χ0v) is 13.9. The van der Waals surface area contributed by atoms with Gasteiger partial charge in [-0.3, -0.25) is 4.98 Å². The quantitative estimate of drug-likeness (QED) is 0.628. The van der Waals surface area contributed by atoms with Crippen molar-refractivity contribution in [2.24, 2.45) is 5.73 Å². The molecule has 1 aromatic carbocycles. The maximum atomic E-state index is 5.91. The van der Waals surface area contributed by atoms with Crippen LogP contribution in [0, 0.1) is 6.92 Å². The number of thioether (sulfide) groups is 1. The fraction of sp³-hybridized carbons (Fsp3) is 0.250. The van der Waals surface area contributed by atoms with E-state index in [-0.39, 0.29) is 0 Å². The molecule has 3 nitrogen and oxygen atoms in total. The van der Waals surface area contributed by atoms with Gasteiger partial charge in [-0.1, -0.05) is 25.2 Å². The molecule has 5 heteroatoms. The van der Waals surface area contributed by atoms with Crippen molar-refractivity contribution >= 4 is 34.7 Å². The molecule has 0 unspecified atom stereocenters. The fourth-order valence-corrected chi connectivity index (χ4v) is 3.23. The fourth-order valence-electron chi connectivity index (χ4n) is 2.10. The van der Waals surface area contributed by atoms with Crippen molar-refractivity contribution in [3.63, 3.8) is 0 Å². The Balaban J connectivity index is 2.25. The molecule has 0 saturated heterocycles. The second kappa shape index (κ2) is 7.43. The zero-order chi connectivity index (χ0) is 15.2. The molecule has 0 atom stereocenters.